The highest BCUT2D eigenvalue weighted by molar-refractivity contribution is 5.95. The van der Waals surface area contributed by atoms with Gasteiger partial charge in [-0.15, -0.1) is 0 Å². The van der Waals surface area contributed by atoms with Crippen LogP contribution in [0.15, 0.2) is 109 Å². The van der Waals surface area contributed by atoms with Crippen molar-refractivity contribution in [1.29, 1.82) is 0 Å². The Balaban J connectivity index is 1.26. The van der Waals surface area contributed by atoms with Crippen molar-refractivity contribution in [2.45, 2.75) is 12.8 Å². The average Bonchev–Trinajstić information content (AvgIpc) is 2.99. The van der Waals surface area contributed by atoms with E-state index in [-0.39, 0.29) is 24.8 Å². The van der Waals surface area contributed by atoms with Crippen LogP contribution in [0.25, 0.3) is 54.6 Å². The Labute approximate surface area is 232 Å². The number of hydrogen-bond donors (Lipinski definition) is 0. The molecule has 6 rings (SSSR count). The van der Waals surface area contributed by atoms with Gasteiger partial charge in [-0.05, 0) is 90.0 Å². The molecule has 4 nitrogen and oxygen atoms in total. The van der Waals surface area contributed by atoms with E-state index in [1.165, 1.54) is 25.0 Å². The van der Waals surface area contributed by atoms with Gasteiger partial charge in [-0.1, -0.05) is 84.9 Å². The summed E-state index contributed by atoms with van der Waals surface area (Å²) in [6.45, 7) is 0. The predicted molar refractivity (Wildman–Crippen MR) is 161 cm³/mol. The van der Waals surface area contributed by atoms with E-state index < -0.39 is 0 Å². The van der Waals surface area contributed by atoms with Crippen LogP contribution in [0.2, 0.25) is 0 Å². The lowest BCUT2D eigenvalue weighted by Gasteiger charge is -2.10. The minimum Gasteiger partial charge on any atom is -0.469 e. The predicted octanol–water partition coefficient (Wildman–Crippen LogP) is 7.91. The molecule has 0 amide bonds. The van der Waals surface area contributed by atoms with Gasteiger partial charge < -0.3 is 9.47 Å². The molecule has 6 aromatic rings. The minimum atomic E-state index is -0.234. The van der Waals surface area contributed by atoms with E-state index in [9.17, 15) is 9.59 Å². The zero-order chi connectivity index (χ0) is 27.6. The van der Waals surface area contributed by atoms with Crippen molar-refractivity contribution in [3.63, 3.8) is 0 Å². The Morgan fingerprint density at radius 2 is 0.700 bits per heavy atom. The van der Waals surface area contributed by atoms with Gasteiger partial charge >= 0.3 is 11.9 Å². The van der Waals surface area contributed by atoms with Crippen molar-refractivity contribution in [2.75, 3.05) is 14.2 Å². The van der Waals surface area contributed by atoms with Crippen molar-refractivity contribution < 1.29 is 19.1 Å². The number of fused-ring (bicyclic) bond motifs is 3. The van der Waals surface area contributed by atoms with Crippen molar-refractivity contribution >= 4 is 44.3 Å². The molecule has 0 aliphatic heterocycles. The molecule has 0 unspecified atom stereocenters. The van der Waals surface area contributed by atoms with Crippen molar-refractivity contribution in [3.05, 3.63) is 120 Å². The third-order valence-corrected chi connectivity index (χ3v) is 7.47. The van der Waals surface area contributed by atoms with Crippen LogP contribution in [0.4, 0.5) is 0 Å². The zero-order valence-electron chi connectivity index (χ0n) is 22.4. The number of benzene rings is 6. The van der Waals surface area contributed by atoms with Crippen LogP contribution in [0.5, 0.6) is 0 Å². The van der Waals surface area contributed by atoms with E-state index in [1.54, 1.807) is 0 Å². The molecule has 0 saturated carbocycles. The summed E-state index contributed by atoms with van der Waals surface area (Å²) in [6.07, 6.45) is 0.552. The molecule has 4 heteroatoms. The van der Waals surface area contributed by atoms with E-state index >= 15 is 0 Å². The Bertz CT molecular complexity index is 1780. The highest BCUT2D eigenvalue weighted by Gasteiger charge is 2.08. The van der Waals surface area contributed by atoms with Crippen LogP contribution in [-0.2, 0) is 31.9 Å². The maximum absolute atomic E-state index is 11.6. The maximum Gasteiger partial charge on any atom is 0.309 e. The number of carbonyl (C=O) groups excluding carboxylic acids is 2. The van der Waals surface area contributed by atoms with Crippen LogP contribution in [0.3, 0.4) is 0 Å². The molecule has 0 spiro atoms. The second-order valence-corrected chi connectivity index (χ2v) is 10.1. The fourth-order valence-electron chi connectivity index (χ4n) is 5.25. The number of carbonyl (C=O) groups is 2. The minimum absolute atomic E-state index is 0.234. The summed E-state index contributed by atoms with van der Waals surface area (Å²) in [5.74, 6) is -0.469. The van der Waals surface area contributed by atoms with E-state index in [2.05, 4.69) is 84.9 Å². The largest absolute Gasteiger partial charge is 0.469 e. The molecule has 0 aromatic heterocycles. The summed E-state index contributed by atoms with van der Waals surface area (Å²) in [6, 6.07) is 38.2. The Kier molecular flexibility index (Phi) is 6.75. The van der Waals surface area contributed by atoms with Gasteiger partial charge in [-0.3, -0.25) is 9.59 Å². The van der Waals surface area contributed by atoms with Crippen LogP contribution in [0, 0.1) is 0 Å². The second kappa shape index (κ2) is 10.7. The summed E-state index contributed by atoms with van der Waals surface area (Å²) < 4.78 is 9.59. The summed E-state index contributed by atoms with van der Waals surface area (Å²) in [5.41, 5.74) is 6.52. The molecule has 40 heavy (non-hydrogen) atoms. The average molecular weight is 525 g/mol. The molecule has 0 aliphatic carbocycles. The molecular formula is C36H28O4. The van der Waals surface area contributed by atoms with Gasteiger partial charge in [0, 0.05) is 0 Å². The fourth-order valence-corrected chi connectivity index (χ4v) is 5.25. The molecule has 6 aromatic carbocycles. The van der Waals surface area contributed by atoms with Gasteiger partial charge in [-0.25, -0.2) is 0 Å². The molecule has 0 aliphatic rings. The highest BCUT2D eigenvalue weighted by atomic mass is 16.5. The van der Waals surface area contributed by atoms with Crippen LogP contribution in [0.1, 0.15) is 11.1 Å². The fraction of sp³-hybridized carbons (Fsp3) is 0.111. The quantitative estimate of drug-likeness (QED) is 0.208. The van der Waals surface area contributed by atoms with Crippen LogP contribution in [-0.4, -0.2) is 26.2 Å². The van der Waals surface area contributed by atoms with Crippen molar-refractivity contribution in [3.8, 4) is 22.3 Å². The van der Waals surface area contributed by atoms with Gasteiger partial charge in [0.1, 0.15) is 0 Å². The Morgan fingerprint density at radius 3 is 1.00 bits per heavy atom. The third-order valence-electron chi connectivity index (χ3n) is 7.47. The third kappa shape index (κ3) is 5.16. The smallest absolute Gasteiger partial charge is 0.309 e. The Morgan fingerprint density at radius 1 is 0.425 bits per heavy atom. The van der Waals surface area contributed by atoms with E-state index in [0.29, 0.717) is 0 Å². The summed E-state index contributed by atoms with van der Waals surface area (Å²) in [7, 11) is 2.82. The van der Waals surface area contributed by atoms with Gasteiger partial charge in [0.2, 0.25) is 0 Å². The topological polar surface area (TPSA) is 52.6 Å². The molecule has 0 atom stereocenters. The zero-order valence-corrected chi connectivity index (χ0v) is 22.4. The second-order valence-electron chi connectivity index (χ2n) is 10.1. The van der Waals surface area contributed by atoms with Crippen molar-refractivity contribution in [2.24, 2.45) is 0 Å². The molecule has 0 radical (unpaired) electrons. The number of rotatable bonds is 6. The lowest BCUT2D eigenvalue weighted by Crippen LogP contribution is -2.04. The molecule has 0 heterocycles. The number of ether oxygens (including phenoxy) is 2. The van der Waals surface area contributed by atoms with Crippen LogP contribution >= 0.6 is 0 Å². The molecule has 0 saturated heterocycles. The van der Waals surface area contributed by atoms with Gasteiger partial charge in [0.05, 0.1) is 27.1 Å². The normalized spacial score (nSPS) is 11.2. The lowest BCUT2D eigenvalue weighted by molar-refractivity contribution is -0.140. The van der Waals surface area contributed by atoms with Crippen LogP contribution < -0.4 is 0 Å². The van der Waals surface area contributed by atoms with E-state index in [0.717, 1.165) is 54.9 Å². The molecule has 0 fully saturated rings. The first-order valence-corrected chi connectivity index (χ1v) is 13.2. The first-order valence-electron chi connectivity index (χ1n) is 13.2. The van der Waals surface area contributed by atoms with Crippen molar-refractivity contribution in [1.82, 2.24) is 0 Å². The Hall–Kier alpha value is -4.96. The number of esters is 2. The standard InChI is InChI=1S/C36H28O4/c1-39-35(37)17-23-3-5-27-19-29(9-7-25(27)15-23)31-11-13-34-22-32(12-14-33(34)21-31)30-10-8-26-16-24(18-36(38)40-2)4-6-28(26)20-30/h3-16,19-22H,17-18H2,1-2H3. The lowest BCUT2D eigenvalue weighted by atomic mass is 9.95. The first-order chi connectivity index (χ1) is 19.5. The molecule has 196 valence electrons. The first kappa shape index (κ1) is 25.3. The summed E-state index contributed by atoms with van der Waals surface area (Å²) >= 11 is 0. The van der Waals surface area contributed by atoms with Gasteiger partial charge in [0.15, 0.2) is 0 Å². The summed E-state index contributed by atoms with van der Waals surface area (Å²) in [4.78, 5) is 23.3. The molecule has 0 bridgehead atoms. The molecular weight excluding hydrogens is 496 g/mol. The summed E-state index contributed by atoms with van der Waals surface area (Å²) in [5, 5.41) is 6.84. The number of methoxy groups -OCH3 is 2. The molecule has 0 N–H and O–H groups in total. The maximum atomic E-state index is 11.6. The van der Waals surface area contributed by atoms with Gasteiger partial charge in [-0.2, -0.15) is 0 Å². The highest BCUT2D eigenvalue weighted by Crippen LogP contribution is 2.32. The van der Waals surface area contributed by atoms with E-state index in [4.69, 9.17) is 9.47 Å². The van der Waals surface area contributed by atoms with Gasteiger partial charge in [0.25, 0.3) is 0 Å². The SMILES string of the molecule is COC(=O)Cc1ccc2cc(-c3ccc4cc(-c5ccc6cc(CC(=O)OC)ccc6c5)ccc4c3)ccc2c1. The van der Waals surface area contributed by atoms with E-state index in [1.807, 2.05) is 24.3 Å². The monoisotopic (exact) mass is 524 g/mol. The number of hydrogen-bond acceptors (Lipinski definition) is 4.